The van der Waals surface area contributed by atoms with Crippen LogP contribution >= 0.6 is 11.6 Å². The van der Waals surface area contributed by atoms with Crippen molar-refractivity contribution >= 4 is 11.6 Å². The highest BCUT2D eigenvalue weighted by molar-refractivity contribution is 6.18. The lowest BCUT2D eigenvalue weighted by Gasteiger charge is -2.15. The second kappa shape index (κ2) is 3.21. The number of benzene rings is 1. The molecule has 0 bridgehead atoms. The van der Waals surface area contributed by atoms with E-state index >= 15 is 0 Å². The molecule has 15 heavy (non-hydrogen) atoms. The maximum absolute atomic E-state index is 13.2. The third-order valence-corrected chi connectivity index (χ3v) is 4.71. The number of hydrogen-bond acceptors (Lipinski definition) is 0. The topological polar surface area (TPSA) is 0 Å². The van der Waals surface area contributed by atoms with Crippen molar-refractivity contribution in [1.82, 2.24) is 0 Å². The Balaban J connectivity index is 2.41. The molecule has 1 fully saturated rings. The van der Waals surface area contributed by atoms with Gasteiger partial charge >= 0.3 is 0 Å². The summed E-state index contributed by atoms with van der Waals surface area (Å²) in [6, 6.07) is 6.89. The summed E-state index contributed by atoms with van der Waals surface area (Å²) in [5.74, 6) is 0.915. The average Bonchev–Trinajstić information content (AvgIpc) is 2.61. The first kappa shape index (κ1) is 10.9. The van der Waals surface area contributed by atoms with E-state index in [-0.39, 0.29) is 16.6 Å². The van der Waals surface area contributed by atoms with Gasteiger partial charge in [-0.25, -0.2) is 4.39 Å². The Morgan fingerprint density at radius 3 is 2.47 bits per heavy atom. The fraction of sp³-hybridized carbons (Fsp3) is 0.538. The van der Waals surface area contributed by atoms with Crippen LogP contribution < -0.4 is 0 Å². The van der Waals surface area contributed by atoms with Gasteiger partial charge in [0.25, 0.3) is 0 Å². The van der Waals surface area contributed by atoms with Gasteiger partial charge in [0, 0.05) is 11.3 Å². The molecular weight excluding hydrogens is 211 g/mol. The largest absolute Gasteiger partial charge is 0.207 e. The molecular formula is C13H16ClF. The smallest absolute Gasteiger partial charge is 0.123 e. The zero-order valence-corrected chi connectivity index (χ0v) is 10.1. The first-order valence-electron chi connectivity index (χ1n) is 5.26. The molecule has 82 valence electrons. The number of alkyl halides is 1. The van der Waals surface area contributed by atoms with Gasteiger partial charge in [0.1, 0.15) is 5.82 Å². The van der Waals surface area contributed by atoms with Crippen LogP contribution in [-0.4, -0.2) is 5.88 Å². The second-order valence-electron chi connectivity index (χ2n) is 5.14. The van der Waals surface area contributed by atoms with Gasteiger partial charge in [-0.05, 0) is 29.0 Å². The molecule has 2 atom stereocenters. The average molecular weight is 227 g/mol. The van der Waals surface area contributed by atoms with Crippen LogP contribution in [0.25, 0.3) is 0 Å². The summed E-state index contributed by atoms with van der Waals surface area (Å²) in [6.07, 6.45) is 0. The van der Waals surface area contributed by atoms with E-state index in [2.05, 4.69) is 20.8 Å². The Bertz CT molecular complexity index is 386. The molecule has 0 radical (unpaired) electrons. The number of halogens is 2. The molecule has 1 aliphatic carbocycles. The van der Waals surface area contributed by atoms with Crippen molar-refractivity contribution in [2.75, 3.05) is 5.88 Å². The molecule has 1 aromatic rings. The molecule has 1 aromatic carbocycles. The quantitative estimate of drug-likeness (QED) is 0.670. The van der Waals surface area contributed by atoms with E-state index in [0.29, 0.717) is 11.8 Å². The van der Waals surface area contributed by atoms with Gasteiger partial charge < -0.3 is 0 Å². The lowest BCUT2D eigenvalue weighted by atomic mass is 9.90. The Morgan fingerprint density at radius 2 is 2.00 bits per heavy atom. The molecule has 2 rings (SSSR count). The van der Waals surface area contributed by atoms with Gasteiger partial charge in [0.2, 0.25) is 0 Å². The minimum absolute atomic E-state index is 0.0247. The SMILES string of the molecule is CC1(C)C(CCl)C1(C)c1cccc(F)c1. The van der Waals surface area contributed by atoms with E-state index in [1.807, 2.05) is 6.07 Å². The Labute approximate surface area is 95.4 Å². The zero-order chi connectivity index (χ0) is 11.3. The minimum Gasteiger partial charge on any atom is -0.207 e. The summed E-state index contributed by atoms with van der Waals surface area (Å²) in [7, 11) is 0. The van der Waals surface area contributed by atoms with Crippen molar-refractivity contribution < 1.29 is 4.39 Å². The molecule has 2 heteroatoms. The van der Waals surface area contributed by atoms with Crippen LogP contribution in [0.1, 0.15) is 26.3 Å². The fourth-order valence-corrected chi connectivity index (χ4v) is 3.53. The van der Waals surface area contributed by atoms with Crippen LogP contribution in [0.4, 0.5) is 4.39 Å². The number of hydrogen-bond donors (Lipinski definition) is 0. The van der Waals surface area contributed by atoms with E-state index in [1.54, 1.807) is 12.1 Å². The monoisotopic (exact) mass is 226 g/mol. The standard InChI is InChI=1S/C13H16ClF/c1-12(2)11(8-14)13(12,3)9-5-4-6-10(15)7-9/h4-7,11H,8H2,1-3H3. The second-order valence-corrected chi connectivity index (χ2v) is 5.45. The predicted octanol–water partition coefficient (Wildman–Crippen LogP) is 3.98. The normalized spacial score (nSPS) is 32.7. The number of rotatable bonds is 2. The summed E-state index contributed by atoms with van der Waals surface area (Å²) < 4.78 is 13.2. The summed E-state index contributed by atoms with van der Waals surface area (Å²) in [5, 5.41) is 0. The summed E-state index contributed by atoms with van der Waals surface area (Å²) in [5.41, 5.74) is 1.26. The van der Waals surface area contributed by atoms with Crippen LogP contribution in [0, 0.1) is 17.2 Å². The van der Waals surface area contributed by atoms with Gasteiger partial charge in [0.05, 0.1) is 0 Å². The van der Waals surface area contributed by atoms with Crippen LogP contribution in [-0.2, 0) is 5.41 Å². The minimum atomic E-state index is -0.162. The van der Waals surface area contributed by atoms with Gasteiger partial charge in [-0.15, -0.1) is 11.6 Å². The van der Waals surface area contributed by atoms with Crippen molar-refractivity contribution in [2.24, 2.45) is 11.3 Å². The summed E-state index contributed by atoms with van der Waals surface area (Å²) in [4.78, 5) is 0. The van der Waals surface area contributed by atoms with Gasteiger partial charge in [-0.1, -0.05) is 32.9 Å². The van der Waals surface area contributed by atoms with E-state index in [0.717, 1.165) is 5.56 Å². The molecule has 0 N–H and O–H groups in total. The molecule has 0 spiro atoms. The van der Waals surface area contributed by atoms with Crippen molar-refractivity contribution in [2.45, 2.75) is 26.2 Å². The summed E-state index contributed by atoms with van der Waals surface area (Å²) >= 11 is 5.96. The van der Waals surface area contributed by atoms with E-state index in [4.69, 9.17) is 11.6 Å². The van der Waals surface area contributed by atoms with Crippen LogP contribution in [0.2, 0.25) is 0 Å². The zero-order valence-electron chi connectivity index (χ0n) is 9.35. The maximum Gasteiger partial charge on any atom is 0.123 e. The molecule has 2 unspecified atom stereocenters. The highest BCUT2D eigenvalue weighted by Crippen LogP contribution is 2.69. The predicted molar refractivity (Wildman–Crippen MR) is 61.7 cm³/mol. The van der Waals surface area contributed by atoms with Crippen LogP contribution in [0.3, 0.4) is 0 Å². The first-order valence-corrected chi connectivity index (χ1v) is 5.80. The maximum atomic E-state index is 13.2. The molecule has 1 saturated carbocycles. The van der Waals surface area contributed by atoms with Crippen molar-refractivity contribution in [3.63, 3.8) is 0 Å². The van der Waals surface area contributed by atoms with E-state index < -0.39 is 0 Å². The Morgan fingerprint density at radius 1 is 1.33 bits per heavy atom. The first-order chi connectivity index (χ1) is 6.94. The Kier molecular flexibility index (Phi) is 2.34. The Hall–Kier alpha value is -0.560. The molecule has 0 aliphatic heterocycles. The third kappa shape index (κ3) is 1.32. The van der Waals surface area contributed by atoms with Gasteiger partial charge in [0.15, 0.2) is 0 Å². The fourth-order valence-electron chi connectivity index (χ4n) is 2.83. The highest BCUT2D eigenvalue weighted by Gasteiger charge is 2.67. The lowest BCUT2D eigenvalue weighted by molar-refractivity contribution is 0.519. The van der Waals surface area contributed by atoms with Crippen LogP contribution in [0.5, 0.6) is 0 Å². The van der Waals surface area contributed by atoms with Crippen molar-refractivity contribution in [3.05, 3.63) is 35.6 Å². The molecule has 0 heterocycles. The van der Waals surface area contributed by atoms with E-state index in [1.165, 1.54) is 6.07 Å². The molecule has 0 nitrogen and oxygen atoms in total. The van der Waals surface area contributed by atoms with Crippen molar-refractivity contribution in [3.8, 4) is 0 Å². The highest BCUT2D eigenvalue weighted by atomic mass is 35.5. The van der Waals surface area contributed by atoms with Gasteiger partial charge in [-0.2, -0.15) is 0 Å². The molecule has 0 saturated heterocycles. The molecule has 0 aromatic heterocycles. The molecule has 0 amide bonds. The lowest BCUT2D eigenvalue weighted by Crippen LogP contribution is -2.10. The molecule has 1 aliphatic rings. The van der Waals surface area contributed by atoms with E-state index in [9.17, 15) is 4.39 Å². The summed E-state index contributed by atoms with van der Waals surface area (Å²) in [6.45, 7) is 6.57. The van der Waals surface area contributed by atoms with Gasteiger partial charge in [-0.3, -0.25) is 0 Å². The van der Waals surface area contributed by atoms with Crippen molar-refractivity contribution in [1.29, 1.82) is 0 Å². The third-order valence-electron chi connectivity index (χ3n) is 4.40. The van der Waals surface area contributed by atoms with Crippen LogP contribution in [0.15, 0.2) is 24.3 Å².